The Balaban J connectivity index is 1.55. The van der Waals surface area contributed by atoms with Crippen LogP contribution in [-0.4, -0.2) is 20.8 Å². The second kappa shape index (κ2) is 11.5. The zero-order chi connectivity index (χ0) is 25.7. The van der Waals surface area contributed by atoms with Crippen molar-refractivity contribution in [3.8, 4) is 5.75 Å². The summed E-state index contributed by atoms with van der Waals surface area (Å²) in [5.74, 6) is 1.06. The molecule has 1 heterocycles. The molecule has 10 heteroatoms. The maximum Gasteiger partial charge on any atom is 0.282 e. The van der Waals surface area contributed by atoms with Gasteiger partial charge in [0, 0.05) is 23.0 Å². The van der Waals surface area contributed by atoms with Crippen molar-refractivity contribution in [3.63, 3.8) is 0 Å². The van der Waals surface area contributed by atoms with Crippen molar-refractivity contribution in [3.05, 3.63) is 108 Å². The number of hydrogen-bond donors (Lipinski definition) is 0. The van der Waals surface area contributed by atoms with E-state index in [1.165, 1.54) is 16.8 Å². The molecule has 0 spiro atoms. The van der Waals surface area contributed by atoms with Gasteiger partial charge in [-0.05, 0) is 66.1 Å². The molecule has 3 aromatic carbocycles. The van der Waals surface area contributed by atoms with E-state index < -0.39 is 4.92 Å². The molecule has 0 aliphatic rings. The largest absolute Gasteiger partial charge is 0.487 e. The molecule has 184 valence electrons. The molecule has 0 N–H and O–H groups in total. The number of rotatable bonds is 9. The Labute approximate surface area is 220 Å². The van der Waals surface area contributed by atoms with Crippen LogP contribution in [0.5, 0.6) is 5.75 Å². The normalized spacial score (nSPS) is 11.3. The standard InChI is InChI=1S/C26H22BrClN4O4/c1-2-3-4-25-30-23-11-8-19(27)14-21(23)26(33)31(25)29-15-18-7-12-24(22(28)13-18)36-16-17-5-9-20(10-6-17)32(34)35/h5-15H,2-4,16H2,1H3. The van der Waals surface area contributed by atoms with Gasteiger partial charge in [-0.1, -0.05) is 40.9 Å². The second-order valence-corrected chi connectivity index (χ2v) is 9.38. The third-order valence-corrected chi connectivity index (χ3v) is 6.24. The van der Waals surface area contributed by atoms with E-state index in [-0.39, 0.29) is 17.9 Å². The lowest BCUT2D eigenvalue weighted by Crippen LogP contribution is -2.22. The summed E-state index contributed by atoms with van der Waals surface area (Å²) in [6, 6.07) is 16.7. The summed E-state index contributed by atoms with van der Waals surface area (Å²) in [5.41, 5.74) is 1.88. The SMILES string of the molecule is CCCCc1nc2ccc(Br)cc2c(=O)n1N=Cc1ccc(OCc2ccc([N+](=O)[O-])cc2)c(Cl)c1. The molecule has 1 aromatic heterocycles. The maximum absolute atomic E-state index is 13.2. The quantitative estimate of drug-likeness (QED) is 0.130. The van der Waals surface area contributed by atoms with Crippen LogP contribution in [0.25, 0.3) is 10.9 Å². The van der Waals surface area contributed by atoms with Gasteiger partial charge in [0.25, 0.3) is 11.2 Å². The van der Waals surface area contributed by atoms with E-state index >= 15 is 0 Å². The number of aromatic nitrogens is 2. The molecule has 0 fully saturated rings. The van der Waals surface area contributed by atoms with Crippen molar-refractivity contribution in [2.75, 3.05) is 0 Å². The summed E-state index contributed by atoms with van der Waals surface area (Å²) in [7, 11) is 0. The van der Waals surface area contributed by atoms with E-state index in [4.69, 9.17) is 16.3 Å². The summed E-state index contributed by atoms with van der Waals surface area (Å²) >= 11 is 9.82. The summed E-state index contributed by atoms with van der Waals surface area (Å²) in [6.07, 6.45) is 4.05. The topological polar surface area (TPSA) is 99.6 Å². The first kappa shape index (κ1) is 25.5. The number of aryl methyl sites for hydroxylation is 1. The second-order valence-electron chi connectivity index (χ2n) is 8.06. The number of nitrogens with zero attached hydrogens (tertiary/aromatic N) is 4. The van der Waals surface area contributed by atoms with Crippen LogP contribution in [0.1, 0.15) is 36.7 Å². The molecule has 0 radical (unpaired) electrons. The summed E-state index contributed by atoms with van der Waals surface area (Å²) in [6.45, 7) is 2.29. The van der Waals surface area contributed by atoms with E-state index in [2.05, 4.69) is 32.9 Å². The van der Waals surface area contributed by atoms with Crippen LogP contribution in [-0.2, 0) is 13.0 Å². The number of fused-ring (bicyclic) bond motifs is 1. The Morgan fingerprint density at radius 3 is 2.64 bits per heavy atom. The fraction of sp³-hybridized carbons (Fsp3) is 0.192. The lowest BCUT2D eigenvalue weighted by Gasteiger charge is -2.10. The maximum atomic E-state index is 13.2. The third kappa shape index (κ3) is 5.98. The minimum absolute atomic E-state index is 0.0200. The van der Waals surface area contributed by atoms with Crippen molar-refractivity contribution in [2.24, 2.45) is 5.10 Å². The monoisotopic (exact) mass is 568 g/mol. The molecule has 0 saturated carbocycles. The molecule has 4 rings (SSSR count). The summed E-state index contributed by atoms with van der Waals surface area (Å²) < 4.78 is 7.90. The molecule has 4 aromatic rings. The number of nitro groups is 1. The Kier molecular flexibility index (Phi) is 8.12. The van der Waals surface area contributed by atoms with Gasteiger partial charge in [-0.3, -0.25) is 14.9 Å². The first-order valence-corrected chi connectivity index (χ1v) is 12.4. The minimum atomic E-state index is -0.449. The highest BCUT2D eigenvalue weighted by atomic mass is 79.9. The van der Waals surface area contributed by atoms with Crippen LogP contribution in [0.3, 0.4) is 0 Å². The first-order valence-electron chi connectivity index (χ1n) is 11.3. The highest BCUT2D eigenvalue weighted by Crippen LogP contribution is 2.26. The number of non-ortho nitro benzene ring substituents is 1. The van der Waals surface area contributed by atoms with E-state index in [1.807, 2.05) is 12.1 Å². The van der Waals surface area contributed by atoms with E-state index in [0.29, 0.717) is 39.5 Å². The van der Waals surface area contributed by atoms with Gasteiger partial charge in [-0.2, -0.15) is 9.78 Å². The Morgan fingerprint density at radius 2 is 1.94 bits per heavy atom. The molecule has 0 aliphatic carbocycles. The van der Waals surface area contributed by atoms with Crippen molar-refractivity contribution >= 4 is 50.3 Å². The average Bonchev–Trinajstić information content (AvgIpc) is 2.87. The molecule has 0 unspecified atom stereocenters. The molecule has 0 aliphatic heterocycles. The van der Waals surface area contributed by atoms with Gasteiger partial charge in [0.15, 0.2) is 0 Å². The van der Waals surface area contributed by atoms with Crippen molar-refractivity contribution in [2.45, 2.75) is 32.8 Å². The fourth-order valence-corrected chi connectivity index (χ4v) is 4.13. The third-order valence-electron chi connectivity index (χ3n) is 5.45. The fourth-order valence-electron chi connectivity index (χ4n) is 3.52. The number of nitro benzene ring substituents is 1. The van der Waals surface area contributed by atoms with Crippen molar-refractivity contribution in [1.29, 1.82) is 0 Å². The van der Waals surface area contributed by atoms with Crippen LogP contribution in [0, 0.1) is 10.1 Å². The predicted molar refractivity (Wildman–Crippen MR) is 144 cm³/mol. The number of hydrogen-bond acceptors (Lipinski definition) is 6. The summed E-state index contributed by atoms with van der Waals surface area (Å²) in [4.78, 5) is 28.2. The lowest BCUT2D eigenvalue weighted by atomic mass is 10.2. The van der Waals surface area contributed by atoms with Gasteiger partial charge in [0.05, 0.1) is 27.1 Å². The Hall–Kier alpha value is -3.56. The van der Waals surface area contributed by atoms with Crippen molar-refractivity contribution in [1.82, 2.24) is 9.66 Å². The molecule has 0 saturated heterocycles. The highest BCUT2D eigenvalue weighted by Gasteiger charge is 2.11. The Morgan fingerprint density at radius 1 is 1.17 bits per heavy atom. The van der Waals surface area contributed by atoms with Crippen LogP contribution >= 0.6 is 27.5 Å². The van der Waals surface area contributed by atoms with Gasteiger partial charge in [-0.15, -0.1) is 0 Å². The number of benzene rings is 3. The number of unbranched alkanes of at least 4 members (excludes halogenated alkanes) is 1. The van der Waals surface area contributed by atoms with Crippen molar-refractivity contribution < 1.29 is 9.66 Å². The smallest absolute Gasteiger partial charge is 0.282 e. The van der Waals surface area contributed by atoms with Gasteiger partial charge in [0.2, 0.25) is 0 Å². The summed E-state index contributed by atoms with van der Waals surface area (Å²) in [5, 5.41) is 16.1. The lowest BCUT2D eigenvalue weighted by molar-refractivity contribution is -0.384. The molecular weight excluding hydrogens is 548 g/mol. The molecule has 0 bridgehead atoms. The molecule has 0 amide bonds. The molecule has 8 nitrogen and oxygen atoms in total. The zero-order valence-electron chi connectivity index (χ0n) is 19.4. The van der Waals surface area contributed by atoms with Gasteiger partial charge in [-0.25, -0.2) is 4.98 Å². The molecular formula is C26H22BrClN4O4. The number of halogens is 2. The predicted octanol–water partition coefficient (Wildman–Crippen LogP) is 6.52. The van der Waals surface area contributed by atoms with Gasteiger partial charge >= 0.3 is 0 Å². The van der Waals surface area contributed by atoms with Gasteiger partial charge in [0.1, 0.15) is 18.2 Å². The number of ether oxygens (including phenoxy) is 1. The van der Waals surface area contributed by atoms with Crippen LogP contribution in [0.4, 0.5) is 5.69 Å². The van der Waals surface area contributed by atoms with E-state index in [0.717, 1.165) is 22.9 Å². The van der Waals surface area contributed by atoms with Crippen LogP contribution in [0.15, 0.2) is 75.0 Å². The first-order chi connectivity index (χ1) is 17.4. The van der Waals surface area contributed by atoms with E-state index in [1.54, 1.807) is 42.6 Å². The van der Waals surface area contributed by atoms with Gasteiger partial charge < -0.3 is 4.74 Å². The molecule has 36 heavy (non-hydrogen) atoms. The van der Waals surface area contributed by atoms with Crippen LogP contribution < -0.4 is 10.3 Å². The highest BCUT2D eigenvalue weighted by molar-refractivity contribution is 9.10. The minimum Gasteiger partial charge on any atom is -0.487 e. The van der Waals surface area contributed by atoms with E-state index in [9.17, 15) is 14.9 Å². The molecule has 0 atom stereocenters. The zero-order valence-corrected chi connectivity index (χ0v) is 21.7. The van der Waals surface area contributed by atoms with Crippen LogP contribution in [0.2, 0.25) is 5.02 Å². The average molecular weight is 570 g/mol. The Bertz CT molecular complexity index is 1500.